The molecule has 0 aromatic rings. The van der Waals surface area contributed by atoms with Crippen molar-refractivity contribution in [3.63, 3.8) is 0 Å². The summed E-state index contributed by atoms with van der Waals surface area (Å²) in [4.78, 5) is 9.82. The first-order chi connectivity index (χ1) is 3.18. The van der Waals surface area contributed by atoms with Crippen molar-refractivity contribution in [1.29, 1.82) is 5.26 Å². The van der Waals surface area contributed by atoms with E-state index < -0.39 is 11.8 Å². The number of hydrogen-bond acceptors (Lipinski definition) is 2. The summed E-state index contributed by atoms with van der Waals surface area (Å²) in [7, 11) is 0. The van der Waals surface area contributed by atoms with Crippen molar-refractivity contribution in [2.75, 3.05) is 0 Å². The Morgan fingerprint density at radius 1 is 2.00 bits per heavy atom. The Morgan fingerprint density at radius 2 is 2.43 bits per heavy atom. The van der Waals surface area contributed by atoms with Crippen LogP contribution in [0.2, 0.25) is 0 Å². The molecule has 0 rings (SSSR count). The van der Waals surface area contributed by atoms with E-state index in [4.69, 9.17) is 11.0 Å². The fraction of sp³-hybridized carbons (Fsp3) is 0.500. The first kappa shape index (κ1) is 5.96. The topological polar surface area (TPSA) is 64.7 Å². The number of nitrogens with one attached hydrogen (secondary N) is 1. The minimum atomic E-state index is -0.817. The Balaban J connectivity index is 3.63. The van der Waals surface area contributed by atoms with Crippen molar-refractivity contribution in [2.45, 2.75) is 6.92 Å². The minimum absolute atomic E-state index is 0.764. The number of nitrogens with zero attached hydrogens (tertiary/aromatic N) is 1. The van der Waals surface area contributed by atoms with Gasteiger partial charge in [0.25, 0.3) is 5.91 Å². The van der Waals surface area contributed by atoms with Crippen molar-refractivity contribution in [3.8, 4) is 6.07 Å². The fourth-order valence-corrected chi connectivity index (χ4v) is 0.0586. The lowest BCUT2D eigenvalue weighted by Crippen LogP contribution is -2.07. The molecule has 0 aliphatic heterocycles. The molecule has 1 N–H and O–H groups in total. The van der Waals surface area contributed by atoms with Gasteiger partial charge in [-0.3, -0.25) is 10.5 Å². The molecule has 0 aliphatic rings. The van der Waals surface area contributed by atoms with E-state index in [2.05, 4.69) is 0 Å². The molecule has 3 nitrogen and oxygen atoms in total. The zero-order chi connectivity index (χ0) is 5.86. The molecule has 0 aromatic heterocycles. The SMILES string of the molecule is CC(C#N)C([NH])=O. The van der Waals surface area contributed by atoms with E-state index in [0.717, 1.165) is 0 Å². The van der Waals surface area contributed by atoms with E-state index in [1.54, 1.807) is 6.07 Å². The van der Waals surface area contributed by atoms with Gasteiger partial charge >= 0.3 is 0 Å². The summed E-state index contributed by atoms with van der Waals surface area (Å²) in [6, 6.07) is 1.63. The third-order valence-electron chi connectivity index (χ3n) is 0.587. The molecule has 3 heteroatoms. The van der Waals surface area contributed by atoms with E-state index >= 15 is 0 Å². The minimum Gasteiger partial charge on any atom is -0.272 e. The van der Waals surface area contributed by atoms with Crippen LogP contribution in [0.1, 0.15) is 6.92 Å². The van der Waals surface area contributed by atoms with Gasteiger partial charge in [-0.15, -0.1) is 0 Å². The van der Waals surface area contributed by atoms with Crippen LogP contribution in [-0.2, 0) is 4.79 Å². The summed E-state index contributed by atoms with van der Waals surface area (Å²) < 4.78 is 0. The average Bonchev–Trinajstić information content (AvgIpc) is 1.65. The second-order valence-corrected chi connectivity index (χ2v) is 1.22. The predicted octanol–water partition coefficient (Wildman–Crippen LogP) is -0.0444. The zero-order valence-corrected chi connectivity index (χ0v) is 3.93. The normalized spacial score (nSPS) is 12.0. The van der Waals surface area contributed by atoms with Gasteiger partial charge in [-0.25, -0.2) is 0 Å². The third-order valence-corrected chi connectivity index (χ3v) is 0.587. The lowest BCUT2D eigenvalue weighted by atomic mass is 10.2. The van der Waals surface area contributed by atoms with Gasteiger partial charge in [-0.2, -0.15) is 5.26 Å². The van der Waals surface area contributed by atoms with Gasteiger partial charge in [0.05, 0.1) is 6.07 Å². The van der Waals surface area contributed by atoms with Crippen molar-refractivity contribution in [2.24, 2.45) is 5.92 Å². The van der Waals surface area contributed by atoms with Gasteiger partial charge < -0.3 is 0 Å². The van der Waals surface area contributed by atoms with Crippen molar-refractivity contribution < 1.29 is 4.79 Å². The second-order valence-electron chi connectivity index (χ2n) is 1.22. The maximum atomic E-state index is 9.82. The highest BCUT2D eigenvalue weighted by Gasteiger charge is 2.04. The molecule has 7 heavy (non-hydrogen) atoms. The summed E-state index contributed by atoms with van der Waals surface area (Å²) in [5.74, 6) is -1.58. The smallest absolute Gasteiger partial charge is 0.255 e. The summed E-state index contributed by atoms with van der Waals surface area (Å²) in [6.07, 6.45) is 0. The molecule has 0 spiro atoms. The first-order valence-corrected chi connectivity index (χ1v) is 1.83. The molecular weight excluding hydrogens is 92.1 g/mol. The molecule has 0 saturated carbocycles. The molecule has 0 fully saturated rings. The lowest BCUT2D eigenvalue weighted by Gasteiger charge is -1.86. The Bertz CT molecular complexity index is 113. The number of nitriles is 1. The molecule has 0 aliphatic carbocycles. The third kappa shape index (κ3) is 1.77. The summed E-state index contributed by atoms with van der Waals surface area (Å²) in [5.41, 5.74) is 6.32. The number of carbonyl (C=O) groups excluding carboxylic acids is 1. The van der Waals surface area contributed by atoms with Crippen LogP contribution in [0.25, 0.3) is 0 Å². The van der Waals surface area contributed by atoms with Crippen LogP contribution in [0.15, 0.2) is 0 Å². The van der Waals surface area contributed by atoms with Gasteiger partial charge in [-0.05, 0) is 6.92 Å². The predicted molar refractivity (Wildman–Crippen MR) is 22.9 cm³/mol. The van der Waals surface area contributed by atoms with E-state index in [0.29, 0.717) is 0 Å². The van der Waals surface area contributed by atoms with Gasteiger partial charge in [0.15, 0.2) is 0 Å². The van der Waals surface area contributed by atoms with E-state index in [1.165, 1.54) is 6.92 Å². The second kappa shape index (κ2) is 2.19. The Kier molecular flexibility index (Phi) is 1.86. The largest absolute Gasteiger partial charge is 0.272 e. The van der Waals surface area contributed by atoms with E-state index in [1.807, 2.05) is 0 Å². The number of hydrogen-bond donors (Lipinski definition) is 0. The quantitative estimate of drug-likeness (QED) is 0.460. The van der Waals surface area contributed by atoms with E-state index in [9.17, 15) is 4.79 Å². The number of amides is 1. The van der Waals surface area contributed by atoms with Gasteiger partial charge in [0.2, 0.25) is 0 Å². The summed E-state index contributed by atoms with van der Waals surface area (Å²) in [5, 5.41) is 7.91. The van der Waals surface area contributed by atoms with Crippen LogP contribution in [-0.4, -0.2) is 5.91 Å². The fourth-order valence-electron chi connectivity index (χ4n) is 0.0586. The highest BCUT2D eigenvalue weighted by atomic mass is 16.1. The molecule has 1 unspecified atom stereocenters. The van der Waals surface area contributed by atoms with Crippen LogP contribution < -0.4 is 5.73 Å². The Labute approximate surface area is 41.7 Å². The first-order valence-electron chi connectivity index (χ1n) is 1.83. The van der Waals surface area contributed by atoms with E-state index in [-0.39, 0.29) is 0 Å². The maximum Gasteiger partial charge on any atom is 0.255 e. The standard InChI is InChI=1S/C4H5N2O/c1-3(2-5)4(6)7/h3,6H,1H3. The van der Waals surface area contributed by atoms with Crippen LogP contribution in [0, 0.1) is 17.2 Å². The highest BCUT2D eigenvalue weighted by Crippen LogP contribution is 1.86. The molecule has 1 amide bonds. The molecule has 0 heterocycles. The zero-order valence-electron chi connectivity index (χ0n) is 3.93. The van der Waals surface area contributed by atoms with Gasteiger partial charge in [0, 0.05) is 0 Å². The molecule has 0 aromatic carbocycles. The highest BCUT2D eigenvalue weighted by molar-refractivity contribution is 5.77. The van der Waals surface area contributed by atoms with Crippen molar-refractivity contribution >= 4 is 5.91 Å². The van der Waals surface area contributed by atoms with Crippen LogP contribution in [0.3, 0.4) is 0 Å². The summed E-state index contributed by atoms with van der Waals surface area (Å²) in [6.45, 7) is 1.40. The number of rotatable bonds is 1. The Morgan fingerprint density at radius 3 is 2.43 bits per heavy atom. The summed E-state index contributed by atoms with van der Waals surface area (Å²) >= 11 is 0. The molecule has 0 bridgehead atoms. The van der Waals surface area contributed by atoms with Crippen molar-refractivity contribution in [1.82, 2.24) is 5.73 Å². The van der Waals surface area contributed by atoms with Gasteiger partial charge in [0.1, 0.15) is 5.92 Å². The average molecular weight is 97.1 g/mol. The van der Waals surface area contributed by atoms with Crippen molar-refractivity contribution in [3.05, 3.63) is 0 Å². The molecular formula is C4H5N2O. The lowest BCUT2D eigenvalue weighted by molar-refractivity contribution is -0.120. The van der Waals surface area contributed by atoms with Crippen LogP contribution in [0.4, 0.5) is 0 Å². The maximum absolute atomic E-state index is 9.82. The monoisotopic (exact) mass is 97.0 g/mol. The van der Waals surface area contributed by atoms with Gasteiger partial charge in [-0.1, -0.05) is 0 Å². The molecule has 37 valence electrons. The molecule has 1 radical (unpaired) electrons. The number of carbonyl (C=O) groups is 1. The van der Waals surface area contributed by atoms with Crippen LogP contribution >= 0.6 is 0 Å². The molecule has 0 saturated heterocycles. The molecule has 1 atom stereocenters. The van der Waals surface area contributed by atoms with Crippen LogP contribution in [0.5, 0.6) is 0 Å². The Hall–Kier alpha value is -1.04.